The van der Waals surface area contributed by atoms with E-state index in [4.69, 9.17) is 11.6 Å². The summed E-state index contributed by atoms with van der Waals surface area (Å²) in [5.41, 5.74) is 1.74. The highest BCUT2D eigenvalue weighted by molar-refractivity contribution is 7.13. The van der Waals surface area contributed by atoms with Gasteiger partial charge in [-0.25, -0.2) is 4.98 Å². The Hall–Kier alpha value is -1.43. The topological polar surface area (TPSA) is 45.2 Å². The fourth-order valence-corrected chi connectivity index (χ4v) is 3.71. The molecule has 0 saturated carbocycles. The van der Waals surface area contributed by atoms with Crippen LogP contribution in [0.15, 0.2) is 29.6 Å². The molecule has 0 bridgehead atoms. The van der Waals surface area contributed by atoms with Crippen molar-refractivity contribution in [2.24, 2.45) is 0 Å². The monoisotopic (exact) mass is 335 g/mol. The second-order valence-electron chi connectivity index (χ2n) is 5.50. The number of halogens is 1. The second kappa shape index (κ2) is 6.77. The van der Waals surface area contributed by atoms with E-state index in [1.807, 2.05) is 34.5 Å². The number of carbonyl (C=O) groups excluding carboxylic acids is 1. The molecule has 116 valence electrons. The van der Waals surface area contributed by atoms with Crippen molar-refractivity contribution in [3.05, 3.63) is 40.4 Å². The summed E-state index contributed by atoms with van der Waals surface area (Å²) in [6, 6.07) is 7.99. The number of nitrogens with one attached hydrogen (secondary N) is 1. The minimum atomic E-state index is 0.143. The summed E-state index contributed by atoms with van der Waals surface area (Å²) < 4.78 is 0. The summed E-state index contributed by atoms with van der Waals surface area (Å²) >= 11 is 7.72. The number of hydrogen-bond acceptors (Lipinski definition) is 4. The van der Waals surface area contributed by atoms with Crippen molar-refractivity contribution >= 4 is 28.8 Å². The van der Waals surface area contributed by atoms with Gasteiger partial charge in [-0.3, -0.25) is 4.79 Å². The molecule has 1 atom stereocenters. The molecular formula is C16H18ClN3OS. The lowest BCUT2D eigenvalue weighted by Gasteiger charge is -2.31. The average molecular weight is 336 g/mol. The highest BCUT2D eigenvalue weighted by atomic mass is 35.5. The summed E-state index contributed by atoms with van der Waals surface area (Å²) in [7, 11) is 0. The van der Waals surface area contributed by atoms with Gasteiger partial charge in [0.05, 0.1) is 17.1 Å². The number of carbonyl (C=O) groups is 1. The molecule has 1 N–H and O–H groups in total. The standard InChI is InChI=1S/C16H18ClN3OS/c1-11-9-20(7-6-18-11)15(21)8-12-10-22-16(19-12)13-4-2-3-5-14(13)17/h2-5,10-11,18H,6-9H2,1H3. The minimum absolute atomic E-state index is 0.143. The fourth-order valence-electron chi connectivity index (χ4n) is 2.57. The summed E-state index contributed by atoms with van der Waals surface area (Å²) in [6.45, 7) is 4.48. The van der Waals surface area contributed by atoms with Gasteiger partial charge in [-0.1, -0.05) is 29.8 Å². The number of nitrogens with zero attached hydrogens (tertiary/aromatic N) is 2. The first-order valence-electron chi connectivity index (χ1n) is 7.34. The SMILES string of the molecule is CC1CN(C(=O)Cc2csc(-c3ccccc3Cl)n2)CCN1. The molecule has 0 radical (unpaired) electrons. The third-order valence-corrected chi connectivity index (χ3v) is 4.96. The van der Waals surface area contributed by atoms with E-state index in [1.165, 1.54) is 11.3 Å². The summed E-state index contributed by atoms with van der Waals surface area (Å²) in [5, 5.41) is 6.84. The van der Waals surface area contributed by atoms with Crippen LogP contribution < -0.4 is 5.32 Å². The normalized spacial score (nSPS) is 18.5. The van der Waals surface area contributed by atoms with E-state index < -0.39 is 0 Å². The molecule has 1 aliphatic rings. The van der Waals surface area contributed by atoms with E-state index in [1.54, 1.807) is 0 Å². The second-order valence-corrected chi connectivity index (χ2v) is 6.76. The Labute approximate surface area is 139 Å². The van der Waals surface area contributed by atoms with Crippen LogP contribution in [0.25, 0.3) is 10.6 Å². The lowest BCUT2D eigenvalue weighted by molar-refractivity contribution is -0.131. The molecule has 22 heavy (non-hydrogen) atoms. The summed E-state index contributed by atoms with van der Waals surface area (Å²) in [5.74, 6) is 0.143. The Morgan fingerprint density at radius 2 is 2.32 bits per heavy atom. The zero-order chi connectivity index (χ0) is 15.5. The Morgan fingerprint density at radius 3 is 3.09 bits per heavy atom. The molecule has 3 rings (SSSR count). The predicted octanol–water partition coefficient (Wildman–Crippen LogP) is 2.83. The van der Waals surface area contributed by atoms with Gasteiger partial charge in [-0.05, 0) is 13.0 Å². The van der Waals surface area contributed by atoms with Gasteiger partial charge in [0.15, 0.2) is 0 Å². The van der Waals surface area contributed by atoms with E-state index in [0.717, 1.165) is 35.9 Å². The van der Waals surface area contributed by atoms with Crippen LogP contribution in [0.1, 0.15) is 12.6 Å². The van der Waals surface area contributed by atoms with Gasteiger partial charge in [0.25, 0.3) is 0 Å². The van der Waals surface area contributed by atoms with Crippen molar-refractivity contribution in [2.45, 2.75) is 19.4 Å². The fraction of sp³-hybridized carbons (Fsp3) is 0.375. The number of amides is 1. The number of thiazole rings is 1. The maximum atomic E-state index is 12.4. The maximum absolute atomic E-state index is 12.4. The summed E-state index contributed by atoms with van der Waals surface area (Å²) in [4.78, 5) is 18.8. The first kappa shape index (κ1) is 15.5. The van der Waals surface area contributed by atoms with E-state index in [-0.39, 0.29) is 5.91 Å². The number of rotatable bonds is 3. The molecular weight excluding hydrogens is 318 g/mol. The molecule has 0 spiro atoms. The van der Waals surface area contributed by atoms with Crippen molar-refractivity contribution in [3.63, 3.8) is 0 Å². The third-order valence-electron chi connectivity index (χ3n) is 3.71. The van der Waals surface area contributed by atoms with Gasteiger partial charge in [0, 0.05) is 36.6 Å². The lowest BCUT2D eigenvalue weighted by atomic mass is 10.2. The van der Waals surface area contributed by atoms with Crippen molar-refractivity contribution in [1.82, 2.24) is 15.2 Å². The van der Waals surface area contributed by atoms with Gasteiger partial charge in [-0.15, -0.1) is 11.3 Å². The van der Waals surface area contributed by atoms with E-state index in [2.05, 4.69) is 17.2 Å². The zero-order valence-corrected chi connectivity index (χ0v) is 14.0. The molecule has 4 nitrogen and oxygen atoms in total. The van der Waals surface area contributed by atoms with Crippen molar-refractivity contribution in [2.75, 3.05) is 19.6 Å². The van der Waals surface area contributed by atoms with Gasteiger partial charge in [0.1, 0.15) is 5.01 Å². The van der Waals surface area contributed by atoms with Crippen molar-refractivity contribution < 1.29 is 4.79 Å². The number of benzene rings is 1. The summed E-state index contributed by atoms with van der Waals surface area (Å²) in [6.07, 6.45) is 0.355. The van der Waals surface area contributed by atoms with Crippen molar-refractivity contribution in [3.8, 4) is 10.6 Å². The molecule has 1 unspecified atom stereocenters. The molecule has 1 aromatic carbocycles. The van der Waals surface area contributed by atoms with E-state index >= 15 is 0 Å². The Balaban J connectivity index is 1.69. The van der Waals surface area contributed by atoms with Crippen LogP contribution >= 0.6 is 22.9 Å². The van der Waals surface area contributed by atoms with Gasteiger partial charge >= 0.3 is 0 Å². The number of piperazine rings is 1. The minimum Gasteiger partial charge on any atom is -0.340 e. The van der Waals surface area contributed by atoms with Crippen molar-refractivity contribution in [1.29, 1.82) is 0 Å². The van der Waals surface area contributed by atoms with Crippen LogP contribution in [-0.4, -0.2) is 41.5 Å². The molecule has 2 heterocycles. The highest BCUT2D eigenvalue weighted by Gasteiger charge is 2.21. The molecule has 6 heteroatoms. The van der Waals surface area contributed by atoms with E-state index in [9.17, 15) is 4.79 Å². The molecule has 1 aliphatic heterocycles. The van der Waals surface area contributed by atoms with Crippen LogP contribution in [0.3, 0.4) is 0 Å². The van der Waals surface area contributed by atoms with Crippen LogP contribution in [0.2, 0.25) is 5.02 Å². The third kappa shape index (κ3) is 3.48. The molecule has 0 aliphatic carbocycles. The molecule has 1 saturated heterocycles. The van der Waals surface area contributed by atoms with Crippen LogP contribution in [0.4, 0.5) is 0 Å². The number of aromatic nitrogens is 1. The van der Waals surface area contributed by atoms with E-state index in [0.29, 0.717) is 17.5 Å². The Kier molecular flexibility index (Phi) is 4.76. The van der Waals surface area contributed by atoms with Crippen LogP contribution in [0, 0.1) is 0 Å². The molecule has 1 amide bonds. The molecule has 1 fully saturated rings. The average Bonchev–Trinajstić information content (AvgIpc) is 2.96. The lowest BCUT2D eigenvalue weighted by Crippen LogP contribution is -2.51. The Morgan fingerprint density at radius 1 is 1.50 bits per heavy atom. The Bertz CT molecular complexity index is 673. The van der Waals surface area contributed by atoms with Gasteiger partial charge in [-0.2, -0.15) is 0 Å². The van der Waals surface area contributed by atoms with Crippen LogP contribution in [-0.2, 0) is 11.2 Å². The molecule has 1 aromatic heterocycles. The van der Waals surface area contributed by atoms with Crippen LogP contribution in [0.5, 0.6) is 0 Å². The smallest absolute Gasteiger partial charge is 0.228 e. The molecule has 2 aromatic rings. The highest BCUT2D eigenvalue weighted by Crippen LogP contribution is 2.30. The first-order valence-corrected chi connectivity index (χ1v) is 8.59. The van der Waals surface area contributed by atoms with Gasteiger partial charge in [0.2, 0.25) is 5.91 Å². The number of hydrogen-bond donors (Lipinski definition) is 1. The predicted molar refractivity (Wildman–Crippen MR) is 90.3 cm³/mol. The van der Waals surface area contributed by atoms with Gasteiger partial charge < -0.3 is 10.2 Å². The quantitative estimate of drug-likeness (QED) is 0.938. The zero-order valence-electron chi connectivity index (χ0n) is 12.4. The first-order chi connectivity index (χ1) is 10.6. The largest absolute Gasteiger partial charge is 0.340 e. The maximum Gasteiger partial charge on any atom is 0.228 e.